The quantitative estimate of drug-likeness (QED) is 0.876. The normalized spacial score (nSPS) is 17.9. The van der Waals surface area contributed by atoms with Crippen LogP contribution >= 0.6 is 11.6 Å². The molecule has 1 amide bonds. The van der Waals surface area contributed by atoms with E-state index in [0.29, 0.717) is 11.6 Å². The van der Waals surface area contributed by atoms with Gasteiger partial charge in [0.05, 0.1) is 11.4 Å². The topological polar surface area (TPSA) is 35.6 Å². The Bertz CT molecular complexity index is 502. The number of rotatable bonds is 6. The van der Waals surface area contributed by atoms with Crippen molar-refractivity contribution >= 4 is 28.9 Å². The van der Waals surface area contributed by atoms with Gasteiger partial charge in [-0.3, -0.25) is 4.79 Å². The van der Waals surface area contributed by atoms with Gasteiger partial charge in [-0.15, -0.1) is 0 Å². The van der Waals surface area contributed by atoms with Crippen LogP contribution in [0.15, 0.2) is 18.2 Å². The highest BCUT2D eigenvalue weighted by atomic mass is 35.5. The van der Waals surface area contributed by atoms with Crippen molar-refractivity contribution < 1.29 is 4.79 Å². The van der Waals surface area contributed by atoms with E-state index in [1.54, 1.807) is 0 Å². The van der Waals surface area contributed by atoms with E-state index in [-0.39, 0.29) is 11.9 Å². The summed E-state index contributed by atoms with van der Waals surface area (Å²) in [4.78, 5) is 16.8. The first-order valence-corrected chi connectivity index (χ1v) is 8.08. The smallest absolute Gasteiger partial charge is 0.249 e. The largest absolute Gasteiger partial charge is 0.372 e. The summed E-state index contributed by atoms with van der Waals surface area (Å²) < 4.78 is 0. The standard InChI is InChI=1S/C16H24ClN3O/c1-4-13-16(21)20(10-9-19(5-2)6-3)15-8-7-12(17)11-14(15)18-13/h7-8,11,13,18H,4-6,9-10H2,1-3H3. The van der Waals surface area contributed by atoms with Crippen LogP contribution in [-0.2, 0) is 4.79 Å². The first-order chi connectivity index (χ1) is 10.1. The molecular weight excluding hydrogens is 286 g/mol. The van der Waals surface area contributed by atoms with Crippen molar-refractivity contribution in [3.05, 3.63) is 23.2 Å². The molecule has 4 nitrogen and oxygen atoms in total. The summed E-state index contributed by atoms with van der Waals surface area (Å²) in [7, 11) is 0. The summed E-state index contributed by atoms with van der Waals surface area (Å²) in [6.45, 7) is 9.92. The van der Waals surface area contributed by atoms with E-state index in [2.05, 4.69) is 24.1 Å². The molecule has 21 heavy (non-hydrogen) atoms. The lowest BCUT2D eigenvalue weighted by Gasteiger charge is -2.36. The number of amides is 1. The van der Waals surface area contributed by atoms with Crippen LogP contribution < -0.4 is 10.2 Å². The molecule has 0 aromatic heterocycles. The summed E-state index contributed by atoms with van der Waals surface area (Å²) in [6, 6.07) is 5.51. The zero-order valence-corrected chi connectivity index (χ0v) is 13.8. The Morgan fingerprint density at radius 2 is 2.00 bits per heavy atom. The van der Waals surface area contributed by atoms with Gasteiger partial charge in [0.1, 0.15) is 6.04 Å². The van der Waals surface area contributed by atoms with E-state index in [0.717, 1.165) is 37.4 Å². The van der Waals surface area contributed by atoms with Gasteiger partial charge in [0.2, 0.25) is 5.91 Å². The van der Waals surface area contributed by atoms with Crippen molar-refractivity contribution in [2.45, 2.75) is 33.2 Å². The Morgan fingerprint density at radius 3 is 2.62 bits per heavy atom. The molecule has 1 aromatic rings. The van der Waals surface area contributed by atoms with E-state index < -0.39 is 0 Å². The maximum Gasteiger partial charge on any atom is 0.249 e. The molecule has 0 saturated carbocycles. The summed E-state index contributed by atoms with van der Waals surface area (Å²) in [5.74, 6) is 0.152. The average Bonchev–Trinajstić information content (AvgIpc) is 2.49. The number of carbonyl (C=O) groups excluding carboxylic acids is 1. The van der Waals surface area contributed by atoms with Gasteiger partial charge in [0.15, 0.2) is 0 Å². The first-order valence-electron chi connectivity index (χ1n) is 7.70. The van der Waals surface area contributed by atoms with Crippen molar-refractivity contribution in [3.63, 3.8) is 0 Å². The zero-order chi connectivity index (χ0) is 15.4. The van der Waals surface area contributed by atoms with Gasteiger partial charge >= 0.3 is 0 Å². The lowest BCUT2D eigenvalue weighted by molar-refractivity contribution is -0.119. The number of carbonyl (C=O) groups is 1. The summed E-state index contributed by atoms with van der Waals surface area (Å²) in [5, 5.41) is 3.98. The highest BCUT2D eigenvalue weighted by Gasteiger charge is 2.31. The molecule has 5 heteroatoms. The van der Waals surface area contributed by atoms with Crippen molar-refractivity contribution in [1.82, 2.24) is 4.90 Å². The number of likely N-dealkylation sites (N-methyl/N-ethyl adjacent to an activating group) is 1. The molecule has 0 radical (unpaired) electrons. The third-order valence-electron chi connectivity index (χ3n) is 4.09. The lowest BCUT2D eigenvalue weighted by atomic mass is 10.1. The highest BCUT2D eigenvalue weighted by Crippen LogP contribution is 2.34. The van der Waals surface area contributed by atoms with Crippen LogP contribution in [0.2, 0.25) is 5.02 Å². The van der Waals surface area contributed by atoms with Crippen LogP contribution in [0.25, 0.3) is 0 Å². The fourth-order valence-corrected chi connectivity index (χ4v) is 2.88. The number of halogens is 1. The monoisotopic (exact) mass is 309 g/mol. The zero-order valence-electron chi connectivity index (χ0n) is 13.0. The second-order valence-corrected chi connectivity index (χ2v) is 5.72. The molecule has 1 atom stereocenters. The number of hydrogen-bond donors (Lipinski definition) is 1. The molecule has 1 aliphatic rings. The number of nitrogens with one attached hydrogen (secondary N) is 1. The molecule has 1 aromatic carbocycles. The van der Waals surface area contributed by atoms with Crippen LogP contribution in [0, 0.1) is 0 Å². The molecule has 1 unspecified atom stereocenters. The van der Waals surface area contributed by atoms with Crippen molar-refractivity contribution in [2.75, 3.05) is 36.4 Å². The molecule has 0 saturated heterocycles. The summed E-state index contributed by atoms with van der Waals surface area (Å²) in [5.41, 5.74) is 1.88. The maximum absolute atomic E-state index is 12.6. The van der Waals surface area contributed by atoms with E-state index in [4.69, 9.17) is 11.6 Å². The molecule has 1 heterocycles. The lowest BCUT2D eigenvalue weighted by Crippen LogP contribution is -2.49. The van der Waals surface area contributed by atoms with Crippen molar-refractivity contribution in [1.29, 1.82) is 0 Å². The number of fused-ring (bicyclic) bond motifs is 1. The summed E-state index contributed by atoms with van der Waals surface area (Å²) in [6.07, 6.45) is 0.770. The van der Waals surface area contributed by atoms with E-state index in [1.807, 2.05) is 30.0 Å². The van der Waals surface area contributed by atoms with E-state index >= 15 is 0 Å². The molecule has 0 aliphatic carbocycles. The predicted molar refractivity (Wildman–Crippen MR) is 89.3 cm³/mol. The Kier molecular flexibility index (Phi) is 5.48. The number of anilines is 2. The van der Waals surface area contributed by atoms with Gasteiger partial charge in [-0.1, -0.05) is 32.4 Å². The molecule has 2 rings (SSSR count). The fraction of sp³-hybridized carbons (Fsp3) is 0.562. The molecule has 1 N–H and O–H groups in total. The third kappa shape index (κ3) is 3.50. The van der Waals surface area contributed by atoms with Gasteiger partial charge < -0.3 is 15.1 Å². The second-order valence-electron chi connectivity index (χ2n) is 5.28. The Hall–Kier alpha value is -1.26. The van der Waals surface area contributed by atoms with Crippen molar-refractivity contribution in [2.24, 2.45) is 0 Å². The fourth-order valence-electron chi connectivity index (χ4n) is 2.70. The minimum atomic E-state index is -0.160. The van der Waals surface area contributed by atoms with E-state index in [1.165, 1.54) is 0 Å². The molecule has 0 bridgehead atoms. The van der Waals surface area contributed by atoms with Crippen molar-refractivity contribution in [3.8, 4) is 0 Å². The molecule has 0 spiro atoms. The van der Waals surface area contributed by atoms with Gasteiger partial charge in [-0.25, -0.2) is 0 Å². The average molecular weight is 310 g/mol. The van der Waals surface area contributed by atoms with Crippen LogP contribution in [0.3, 0.4) is 0 Å². The van der Waals surface area contributed by atoms with Crippen LogP contribution in [0.5, 0.6) is 0 Å². The number of hydrogen-bond acceptors (Lipinski definition) is 3. The Balaban J connectivity index is 2.23. The minimum Gasteiger partial charge on any atom is -0.372 e. The maximum atomic E-state index is 12.6. The highest BCUT2D eigenvalue weighted by molar-refractivity contribution is 6.31. The van der Waals surface area contributed by atoms with Crippen LogP contribution in [0.1, 0.15) is 27.2 Å². The summed E-state index contributed by atoms with van der Waals surface area (Å²) >= 11 is 6.07. The Morgan fingerprint density at radius 1 is 1.29 bits per heavy atom. The molecule has 116 valence electrons. The second kappa shape index (κ2) is 7.14. The molecule has 1 aliphatic heterocycles. The first kappa shape index (κ1) is 16.1. The van der Waals surface area contributed by atoms with Gasteiger partial charge in [-0.2, -0.15) is 0 Å². The minimum absolute atomic E-state index is 0.152. The molecular formula is C16H24ClN3O. The van der Waals surface area contributed by atoms with Gasteiger partial charge in [0, 0.05) is 18.1 Å². The number of benzene rings is 1. The van der Waals surface area contributed by atoms with Crippen LogP contribution in [0.4, 0.5) is 11.4 Å². The SMILES string of the molecule is CCC1Nc2cc(Cl)ccc2N(CCN(CC)CC)C1=O. The van der Waals surface area contributed by atoms with E-state index in [9.17, 15) is 4.79 Å². The third-order valence-corrected chi connectivity index (χ3v) is 4.32. The van der Waals surface area contributed by atoms with Crippen LogP contribution in [-0.4, -0.2) is 43.0 Å². The number of nitrogens with zero attached hydrogens (tertiary/aromatic N) is 2. The Labute approximate surface area is 132 Å². The predicted octanol–water partition coefficient (Wildman–Crippen LogP) is 3.22. The van der Waals surface area contributed by atoms with Gasteiger partial charge in [0.25, 0.3) is 0 Å². The molecule has 0 fully saturated rings. The van der Waals surface area contributed by atoms with Gasteiger partial charge in [-0.05, 0) is 37.7 Å².